The first-order valence-corrected chi connectivity index (χ1v) is 13.8. The molecule has 2 amide bonds. The van der Waals surface area contributed by atoms with Gasteiger partial charge in [-0.05, 0) is 50.1 Å². The number of methoxy groups -OCH3 is 1. The summed E-state index contributed by atoms with van der Waals surface area (Å²) in [6.07, 6.45) is 4.15. The van der Waals surface area contributed by atoms with Gasteiger partial charge >= 0.3 is 0 Å². The number of ether oxygens (including phenoxy) is 2. The average molecular weight is 540 g/mol. The maximum absolute atomic E-state index is 14.5. The Balaban J connectivity index is 1.11. The molecular weight excluding hydrogens is 505 g/mol. The first kappa shape index (κ1) is 24.9. The van der Waals surface area contributed by atoms with Crippen LogP contribution in [-0.4, -0.2) is 100 Å². The van der Waals surface area contributed by atoms with E-state index in [1.54, 1.807) is 6.07 Å². The molecule has 2 spiro atoms. The fourth-order valence-electron chi connectivity index (χ4n) is 7.58. The first-order chi connectivity index (χ1) is 18.8. The van der Waals surface area contributed by atoms with Crippen molar-refractivity contribution in [3.05, 3.63) is 29.8 Å². The van der Waals surface area contributed by atoms with Gasteiger partial charge < -0.3 is 25.4 Å². The molecule has 6 heterocycles. The van der Waals surface area contributed by atoms with Crippen molar-refractivity contribution in [2.24, 2.45) is 23.5 Å². The molecule has 5 fully saturated rings. The van der Waals surface area contributed by atoms with Crippen molar-refractivity contribution in [1.29, 1.82) is 0 Å². The summed E-state index contributed by atoms with van der Waals surface area (Å²) >= 11 is 0. The lowest BCUT2D eigenvalue weighted by Gasteiger charge is -2.58. The summed E-state index contributed by atoms with van der Waals surface area (Å²) in [6, 6.07) is 3.49. The minimum Gasteiger partial charge on any atom is -0.481 e. The van der Waals surface area contributed by atoms with Gasteiger partial charge in [0, 0.05) is 49.3 Å². The molecule has 5 aliphatic rings. The van der Waals surface area contributed by atoms with Crippen LogP contribution in [0.25, 0.3) is 11.3 Å². The number of rotatable bonds is 6. The zero-order valence-electron chi connectivity index (χ0n) is 22.0. The van der Waals surface area contributed by atoms with Crippen LogP contribution in [-0.2, 0) is 9.53 Å². The van der Waals surface area contributed by atoms with Crippen LogP contribution in [0.4, 0.5) is 4.39 Å². The minimum absolute atomic E-state index is 0.0172. The number of piperidine rings is 1. The third-order valence-corrected chi connectivity index (χ3v) is 9.96. The lowest BCUT2D eigenvalue weighted by atomic mass is 9.82. The third kappa shape index (κ3) is 3.86. The molecule has 4 aliphatic heterocycles. The van der Waals surface area contributed by atoms with Gasteiger partial charge in [-0.15, -0.1) is 0 Å². The van der Waals surface area contributed by atoms with Crippen LogP contribution < -0.4 is 15.8 Å². The lowest BCUT2D eigenvalue weighted by Crippen LogP contribution is -2.78. The number of amides is 2. The number of pyridine rings is 1. The second-order valence-electron chi connectivity index (χ2n) is 11.9. The van der Waals surface area contributed by atoms with Gasteiger partial charge in [-0.3, -0.25) is 19.6 Å². The van der Waals surface area contributed by atoms with E-state index in [0.29, 0.717) is 48.7 Å². The Kier molecular flexibility index (Phi) is 5.73. The molecule has 4 saturated heterocycles. The van der Waals surface area contributed by atoms with Crippen molar-refractivity contribution in [1.82, 2.24) is 30.3 Å². The summed E-state index contributed by atoms with van der Waals surface area (Å²) in [7, 11) is 1.46. The van der Waals surface area contributed by atoms with Crippen molar-refractivity contribution in [2.75, 3.05) is 46.4 Å². The molecule has 39 heavy (non-hydrogen) atoms. The van der Waals surface area contributed by atoms with Gasteiger partial charge in [-0.1, -0.05) is 0 Å². The summed E-state index contributed by atoms with van der Waals surface area (Å²) in [5.74, 6) is -0.239. The van der Waals surface area contributed by atoms with Gasteiger partial charge in [0.2, 0.25) is 11.8 Å². The van der Waals surface area contributed by atoms with Gasteiger partial charge in [0.25, 0.3) is 5.91 Å². The Morgan fingerprint density at radius 2 is 2.08 bits per heavy atom. The second-order valence-corrected chi connectivity index (χ2v) is 11.9. The molecule has 0 radical (unpaired) electrons. The fourth-order valence-corrected chi connectivity index (χ4v) is 7.58. The van der Waals surface area contributed by atoms with Gasteiger partial charge in [-0.25, -0.2) is 9.37 Å². The van der Waals surface area contributed by atoms with Gasteiger partial charge in [0.15, 0.2) is 5.82 Å². The van der Waals surface area contributed by atoms with E-state index in [2.05, 4.69) is 25.4 Å². The smallest absolute Gasteiger partial charge is 0.272 e. The highest BCUT2D eigenvalue weighted by Crippen LogP contribution is 2.60. The topological polar surface area (TPSA) is 139 Å². The molecule has 12 heteroatoms. The molecule has 11 nitrogen and oxygen atoms in total. The predicted octanol–water partition coefficient (Wildman–Crippen LogP) is 0.778. The van der Waals surface area contributed by atoms with Crippen molar-refractivity contribution < 1.29 is 23.5 Å². The number of nitrogens with one attached hydrogen (secondary N) is 2. The zero-order chi connectivity index (χ0) is 26.9. The highest BCUT2D eigenvalue weighted by atomic mass is 19.1. The summed E-state index contributed by atoms with van der Waals surface area (Å²) in [6.45, 7) is 5.09. The number of halogens is 1. The van der Waals surface area contributed by atoms with Crippen LogP contribution in [0.5, 0.6) is 5.88 Å². The van der Waals surface area contributed by atoms with Crippen molar-refractivity contribution >= 4 is 11.8 Å². The standard InChI is InChI=1S/C27H34FN7O4/c1-38-23-6-17(19(28)10-31-23)20-7-21(33-32-20)25(37)35-5-3-15(24(29)36)8-26(35)9-18(26)16-2-4-34(11-16)22-12-39-27(22)13-30-14-27/h6-7,10,15-16,18,22,30H,2-5,8-9,11-14H2,1H3,(H2,29,36)(H,32,33)/t15?,16-,18?,22-,26?/m1/s1. The monoisotopic (exact) mass is 539 g/mol. The molecule has 3 unspecified atom stereocenters. The molecule has 0 aromatic carbocycles. The van der Waals surface area contributed by atoms with Crippen LogP contribution in [0.2, 0.25) is 0 Å². The number of carbonyl (C=O) groups excluding carboxylic acids is 2. The molecule has 5 atom stereocenters. The Morgan fingerprint density at radius 3 is 2.77 bits per heavy atom. The van der Waals surface area contributed by atoms with E-state index < -0.39 is 11.4 Å². The number of likely N-dealkylation sites (tertiary alicyclic amines) is 2. The van der Waals surface area contributed by atoms with E-state index in [9.17, 15) is 14.0 Å². The van der Waals surface area contributed by atoms with E-state index in [0.717, 1.165) is 51.8 Å². The number of nitrogens with zero attached hydrogens (tertiary/aromatic N) is 4. The number of H-pyrrole nitrogens is 1. The SMILES string of the molecule is COc1cc(-c2cc(C(=O)N3CCC(C(N)=O)CC34CC4[C@@H]3CCN([C@@H]4COC45CNC5)C3)[nH]n2)c(F)cn1. The Hall–Kier alpha value is -3.09. The maximum Gasteiger partial charge on any atom is 0.272 e. The predicted molar refractivity (Wildman–Crippen MR) is 137 cm³/mol. The van der Waals surface area contributed by atoms with E-state index in [-0.39, 0.29) is 34.8 Å². The number of aromatic amines is 1. The van der Waals surface area contributed by atoms with Gasteiger partial charge in [-0.2, -0.15) is 5.10 Å². The van der Waals surface area contributed by atoms with Crippen molar-refractivity contribution in [3.63, 3.8) is 0 Å². The average Bonchev–Trinajstić information content (AvgIpc) is 3.23. The number of primary amides is 1. The molecule has 1 saturated carbocycles. The summed E-state index contributed by atoms with van der Waals surface area (Å²) in [5, 5.41) is 10.4. The highest BCUT2D eigenvalue weighted by Gasteiger charge is 2.66. The highest BCUT2D eigenvalue weighted by molar-refractivity contribution is 5.94. The molecular formula is C27H34FN7O4. The molecule has 0 bridgehead atoms. The Bertz CT molecular complexity index is 1310. The van der Waals surface area contributed by atoms with Crippen LogP contribution in [0, 0.1) is 23.6 Å². The Labute approximate surface area is 225 Å². The summed E-state index contributed by atoms with van der Waals surface area (Å²) < 4.78 is 25.6. The maximum atomic E-state index is 14.5. The lowest BCUT2D eigenvalue weighted by molar-refractivity contribution is -0.232. The van der Waals surface area contributed by atoms with E-state index in [4.69, 9.17) is 15.2 Å². The quantitative estimate of drug-likeness (QED) is 0.490. The largest absolute Gasteiger partial charge is 0.481 e. The summed E-state index contributed by atoms with van der Waals surface area (Å²) in [5.41, 5.74) is 6.15. The molecule has 2 aromatic rings. The van der Waals surface area contributed by atoms with E-state index in [1.165, 1.54) is 13.2 Å². The third-order valence-electron chi connectivity index (χ3n) is 9.96. The van der Waals surface area contributed by atoms with Crippen LogP contribution in [0.3, 0.4) is 0 Å². The van der Waals surface area contributed by atoms with E-state index in [1.807, 2.05) is 4.90 Å². The molecule has 2 aromatic heterocycles. The number of nitrogens with two attached hydrogens (primary N) is 1. The zero-order valence-corrected chi connectivity index (χ0v) is 22.0. The van der Waals surface area contributed by atoms with Crippen LogP contribution >= 0.6 is 0 Å². The molecule has 1 aliphatic carbocycles. The van der Waals surface area contributed by atoms with E-state index >= 15 is 0 Å². The normalized spacial score (nSPS) is 33.1. The second kappa shape index (κ2) is 8.97. The summed E-state index contributed by atoms with van der Waals surface area (Å²) in [4.78, 5) is 34.5. The minimum atomic E-state index is -0.551. The Morgan fingerprint density at radius 1 is 1.23 bits per heavy atom. The van der Waals surface area contributed by atoms with Crippen LogP contribution in [0.1, 0.15) is 36.2 Å². The number of carbonyl (C=O) groups is 2. The van der Waals surface area contributed by atoms with Gasteiger partial charge in [0.05, 0.1) is 31.6 Å². The number of aromatic nitrogens is 3. The molecule has 7 rings (SSSR count). The fraction of sp³-hybridized carbons (Fsp3) is 0.630. The number of hydrogen-bond acceptors (Lipinski definition) is 8. The molecule has 4 N–H and O–H groups in total. The van der Waals surface area contributed by atoms with Crippen molar-refractivity contribution in [2.45, 2.75) is 42.9 Å². The van der Waals surface area contributed by atoms with Crippen molar-refractivity contribution in [3.8, 4) is 17.1 Å². The molecule has 208 valence electrons. The number of hydrogen-bond donors (Lipinski definition) is 3. The van der Waals surface area contributed by atoms with Gasteiger partial charge in [0.1, 0.15) is 11.3 Å². The first-order valence-electron chi connectivity index (χ1n) is 13.8. The van der Waals surface area contributed by atoms with Crippen LogP contribution in [0.15, 0.2) is 18.3 Å².